The molecule has 1 saturated heterocycles. The molecule has 1 aromatic carbocycles. The van der Waals surface area contributed by atoms with Gasteiger partial charge in [-0.2, -0.15) is 0 Å². The Kier molecular flexibility index (Phi) is 6.64. The van der Waals surface area contributed by atoms with Crippen LogP contribution in [-0.4, -0.2) is 49.6 Å². The lowest BCUT2D eigenvalue weighted by Gasteiger charge is -2.30. The molecule has 2 N–H and O–H groups in total. The van der Waals surface area contributed by atoms with Crippen molar-refractivity contribution in [2.24, 2.45) is 5.92 Å². The average molecular weight is 368 g/mol. The average Bonchev–Trinajstić information content (AvgIpc) is 2.62. The van der Waals surface area contributed by atoms with Gasteiger partial charge in [-0.25, -0.2) is 4.79 Å². The number of likely N-dealkylation sites (tertiary alicyclic amines) is 1. The molecule has 0 radical (unpaired) electrons. The highest BCUT2D eigenvalue weighted by Crippen LogP contribution is 2.20. The Hall–Kier alpha value is -2.28. The van der Waals surface area contributed by atoms with E-state index in [-0.39, 0.29) is 12.0 Å². The van der Waals surface area contributed by atoms with Crippen molar-refractivity contribution >= 4 is 35.2 Å². The zero-order chi connectivity index (χ0) is 18.4. The summed E-state index contributed by atoms with van der Waals surface area (Å²) < 4.78 is 4.68. The van der Waals surface area contributed by atoms with Crippen LogP contribution in [0.15, 0.2) is 18.2 Å². The van der Waals surface area contributed by atoms with Crippen LogP contribution in [-0.2, 0) is 14.3 Å². The van der Waals surface area contributed by atoms with E-state index in [0.717, 1.165) is 18.4 Å². The number of benzene rings is 1. The first-order valence-corrected chi connectivity index (χ1v) is 8.46. The topological polar surface area (TPSA) is 87.7 Å². The van der Waals surface area contributed by atoms with E-state index in [1.165, 1.54) is 7.11 Å². The molecule has 3 amide bonds. The summed E-state index contributed by atoms with van der Waals surface area (Å²) in [5.74, 6) is -1.18. The van der Waals surface area contributed by atoms with Crippen LogP contribution >= 0.6 is 11.6 Å². The van der Waals surface area contributed by atoms with E-state index in [1.807, 2.05) is 6.92 Å². The molecule has 8 heteroatoms. The van der Waals surface area contributed by atoms with Crippen molar-refractivity contribution in [3.8, 4) is 0 Å². The molecule has 1 aromatic rings. The first kappa shape index (κ1) is 19.1. The normalized spacial score (nSPS) is 14.8. The van der Waals surface area contributed by atoms with Crippen LogP contribution in [0.2, 0.25) is 5.02 Å². The number of anilines is 1. The molecule has 0 unspecified atom stereocenters. The van der Waals surface area contributed by atoms with Gasteiger partial charge in [0, 0.05) is 30.3 Å². The fourth-order valence-corrected chi connectivity index (χ4v) is 2.85. The van der Waals surface area contributed by atoms with E-state index in [2.05, 4.69) is 15.4 Å². The van der Waals surface area contributed by atoms with Gasteiger partial charge in [-0.1, -0.05) is 17.7 Å². The number of methoxy groups -OCH3 is 1. The number of aryl methyl sites for hydroxylation is 1. The Morgan fingerprint density at radius 1 is 1.24 bits per heavy atom. The molecule has 7 nitrogen and oxygen atoms in total. The summed E-state index contributed by atoms with van der Waals surface area (Å²) in [5, 5.41) is 5.69. The summed E-state index contributed by atoms with van der Waals surface area (Å²) in [5.41, 5.74) is 1.33. The first-order valence-electron chi connectivity index (χ1n) is 8.09. The van der Waals surface area contributed by atoms with Crippen LogP contribution in [0.3, 0.4) is 0 Å². The SMILES string of the molecule is COC(=O)N1CCC(CNC(=O)C(=O)Nc2cc(Cl)ccc2C)CC1. The van der Waals surface area contributed by atoms with Gasteiger partial charge in [-0.05, 0) is 43.4 Å². The second-order valence-electron chi connectivity index (χ2n) is 6.02. The van der Waals surface area contributed by atoms with Gasteiger partial charge in [0.05, 0.1) is 7.11 Å². The maximum absolute atomic E-state index is 12.0. The number of halogens is 1. The third-order valence-electron chi connectivity index (χ3n) is 4.25. The van der Waals surface area contributed by atoms with Gasteiger partial charge in [-0.3, -0.25) is 9.59 Å². The van der Waals surface area contributed by atoms with Crippen molar-refractivity contribution in [2.45, 2.75) is 19.8 Å². The van der Waals surface area contributed by atoms with Crippen molar-refractivity contribution in [1.29, 1.82) is 0 Å². The molecule has 0 saturated carbocycles. The lowest BCUT2D eigenvalue weighted by molar-refractivity contribution is -0.136. The van der Waals surface area contributed by atoms with Crippen LogP contribution < -0.4 is 10.6 Å². The Labute approximate surface area is 151 Å². The lowest BCUT2D eigenvalue weighted by Crippen LogP contribution is -2.43. The summed E-state index contributed by atoms with van der Waals surface area (Å²) >= 11 is 5.90. The van der Waals surface area contributed by atoms with E-state index in [9.17, 15) is 14.4 Å². The number of rotatable bonds is 3. The molecule has 0 aromatic heterocycles. The highest BCUT2D eigenvalue weighted by Gasteiger charge is 2.24. The number of nitrogens with one attached hydrogen (secondary N) is 2. The van der Waals surface area contributed by atoms with E-state index in [1.54, 1.807) is 23.1 Å². The third kappa shape index (κ3) is 5.35. The summed E-state index contributed by atoms with van der Waals surface area (Å²) in [6.07, 6.45) is 1.17. The van der Waals surface area contributed by atoms with Gasteiger partial charge in [0.15, 0.2) is 0 Å². The van der Waals surface area contributed by atoms with Gasteiger partial charge in [-0.15, -0.1) is 0 Å². The molecule has 1 aliphatic heterocycles. The summed E-state index contributed by atoms with van der Waals surface area (Å²) in [7, 11) is 1.36. The van der Waals surface area contributed by atoms with Gasteiger partial charge < -0.3 is 20.3 Å². The Balaban J connectivity index is 1.78. The van der Waals surface area contributed by atoms with Crippen molar-refractivity contribution < 1.29 is 19.1 Å². The number of nitrogens with zero attached hydrogens (tertiary/aromatic N) is 1. The number of hydrogen-bond donors (Lipinski definition) is 2. The molecular weight excluding hydrogens is 346 g/mol. The second kappa shape index (κ2) is 8.71. The van der Waals surface area contributed by atoms with Crippen LogP contribution in [0.1, 0.15) is 18.4 Å². The standard InChI is InChI=1S/C17H22ClN3O4/c1-11-3-4-13(18)9-14(11)20-16(23)15(22)19-10-12-5-7-21(8-6-12)17(24)25-2/h3-4,9,12H,5-8,10H2,1-2H3,(H,19,22)(H,20,23). The predicted octanol–water partition coefficient (Wildman–Crippen LogP) is 2.18. The molecule has 0 atom stereocenters. The molecule has 1 fully saturated rings. The minimum absolute atomic E-state index is 0.227. The Bertz CT molecular complexity index is 657. The number of amides is 3. The molecule has 0 bridgehead atoms. The van der Waals surface area contributed by atoms with Gasteiger partial charge >= 0.3 is 17.9 Å². The molecule has 1 heterocycles. The summed E-state index contributed by atoms with van der Waals surface area (Å²) in [6, 6.07) is 5.09. The molecule has 25 heavy (non-hydrogen) atoms. The highest BCUT2D eigenvalue weighted by atomic mass is 35.5. The van der Waals surface area contributed by atoms with Crippen molar-refractivity contribution in [3.63, 3.8) is 0 Å². The Morgan fingerprint density at radius 3 is 2.56 bits per heavy atom. The molecular formula is C17H22ClN3O4. The summed E-state index contributed by atoms with van der Waals surface area (Å²) in [6.45, 7) is 3.39. The third-order valence-corrected chi connectivity index (χ3v) is 4.49. The predicted molar refractivity (Wildman–Crippen MR) is 94.5 cm³/mol. The van der Waals surface area contributed by atoms with Crippen molar-refractivity contribution in [3.05, 3.63) is 28.8 Å². The van der Waals surface area contributed by atoms with Crippen molar-refractivity contribution in [2.75, 3.05) is 32.1 Å². The van der Waals surface area contributed by atoms with E-state index >= 15 is 0 Å². The maximum Gasteiger partial charge on any atom is 0.409 e. The number of hydrogen-bond acceptors (Lipinski definition) is 4. The second-order valence-corrected chi connectivity index (χ2v) is 6.46. The van der Waals surface area contributed by atoms with Crippen LogP contribution in [0.5, 0.6) is 0 Å². The molecule has 2 rings (SSSR count). The lowest BCUT2D eigenvalue weighted by atomic mass is 9.97. The van der Waals surface area contributed by atoms with Gasteiger partial charge in [0.1, 0.15) is 0 Å². The molecule has 0 spiro atoms. The number of carbonyl (C=O) groups excluding carboxylic acids is 3. The van der Waals surface area contributed by atoms with Crippen LogP contribution in [0.25, 0.3) is 0 Å². The van der Waals surface area contributed by atoms with Gasteiger partial charge in [0.25, 0.3) is 0 Å². The highest BCUT2D eigenvalue weighted by molar-refractivity contribution is 6.40. The quantitative estimate of drug-likeness (QED) is 0.801. The van der Waals surface area contributed by atoms with Crippen LogP contribution in [0.4, 0.5) is 10.5 Å². The Morgan fingerprint density at radius 2 is 1.92 bits per heavy atom. The minimum atomic E-state index is -0.725. The smallest absolute Gasteiger partial charge is 0.409 e. The molecule has 1 aliphatic rings. The summed E-state index contributed by atoms with van der Waals surface area (Å²) in [4.78, 5) is 37.0. The zero-order valence-corrected chi connectivity index (χ0v) is 15.1. The first-order chi connectivity index (χ1) is 11.9. The van der Waals surface area contributed by atoms with E-state index < -0.39 is 11.8 Å². The zero-order valence-electron chi connectivity index (χ0n) is 14.3. The van der Waals surface area contributed by atoms with E-state index in [0.29, 0.717) is 30.3 Å². The van der Waals surface area contributed by atoms with Crippen LogP contribution in [0, 0.1) is 12.8 Å². The van der Waals surface area contributed by atoms with Gasteiger partial charge in [0.2, 0.25) is 0 Å². The van der Waals surface area contributed by atoms with E-state index in [4.69, 9.17) is 11.6 Å². The number of carbonyl (C=O) groups is 3. The molecule has 136 valence electrons. The maximum atomic E-state index is 12.0. The largest absolute Gasteiger partial charge is 0.453 e. The molecule has 0 aliphatic carbocycles. The fraction of sp³-hybridized carbons (Fsp3) is 0.471. The fourth-order valence-electron chi connectivity index (χ4n) is 2.67. The number of ether oxygens (including phenoxy) is 1. The monoisotopic (exact) mass is 367 g/mol. The minimum Gasteiger partial charge on any atom is -0.453 e. The number of piperidine rings is 1. The van der Waals surface area contributed by atoms with Crippen molar-refractivity contribution in [1.82, 2.24) is 10.2 Å².